The molecule has 0 aromatic carbocycles. The van der Waals surface area contributed by atoms with Crippen molar-refractivity contribution in [3.8, 4) is 5.75 Å². The zero-order chi connectivity index (χ0) is 16.2. The number of hydrogen-bond acceptors (Lipinski definition) is 4. The minimum absolute atomic E-state index is 0.231. The number of carbonyl (C=O) groups is 2. The van der Waals surface area contributed by atoms with Gasteiger partial charge in [0, 0.05) is 20.3 Å². The summed E-state index contributed by atoms with van der Waals surface area (Å²) < 4.78 is 37.6. The summed E-state index contributed by atoms with van der Waals surface area (Å²) in [7, 11) is 2.74. The Morgan fingerprint density at radius 2 is 1.90 bits per heavy atom. The highest BCUT2D eigenvalue weighted by molar-refractivity contribution is 5.96. The van der Waals surface area contributed by atoms with Gasteiger partial charge in [-0.2, -0.15) is 13.2 Å². The smallest absolute Gasteiger partial charge is 0.406 e. The predicted molar refractivity (Wildman–Crippen MR) is 66.6 cm³/mol. The first-order valence-corrected chi connectivity index (χ1v) is 5.80. The van der Waals surface area contributed by atoms with Crippen molar-refractivity contribution < 1.29 is 27.9 Å². The average molecular weight is 305 g/mol. The highest BCUT2D eigenvalue weighted by atomic mass is 19.4. The molecule has 1 aromatic rings. The number of alkyl halides is 3. The van der Waals surface area contributed by atoms with Gasteiger partial charge in [0.2, 0.25) is 5.91 Å². The Morgan fingerprint density at radius 1 is 1.29 bits per heavy atom. The number of nitrogens with zero attached hydrogens (tertiary/aromatic N) is 3. The fourth-order valence-corrected chi connectivity index (χ4v) is 1.45. The Balaban J connectivity index is 3.00. The Hall–Kier alpha value is -2.32. The maximum atomic E-state index is 12.5. The monoisotopic (exact) mass is 305 g/mol. The highest BCUT2D eigenvalue weighted by Crippen LogP contribution is 2.19. The van der Waals surface area contributed by atoms with E-state index in [1.54, 1.807) is 0 Å². The standard InChI is InChI=1S/C12H14F3N3O3/c1-17(2)10(20)6-18(7-12(13,14)15)11(21)8-3-9(19)5-16-4-8/h3-5,19H,6-7H2,1-2H3. The third-order valence-corrected chi connectivity index (χ3v) is 2.45. The van der Waals surface area contributed by atoms with Crippen LogP contribution in [0.15, 0.2) is 18.5 Å². The van der Waals surface area contributed by atoms with E-state index in [-0.39, 0.29) is 11.3 Å². The molecule has 0 saturated carbocycles. The number of amides is 2. The number of carbonyl (C=O) groups excluding carboxylic acids is 2. The molecular weight excluding hydrogens is 291 g/mol. The summed E-state index contributed by atoms with van der Waals surface area (Å²) in [6.07, 6.45) is -2.59. The number of rotatable bonds is 4. The van der Waals surface area contributed by atoms with E-state index in [4.69, 9.17) is 0 Å². The first-order chi connectivity index (χ1) is 9.60. The summed E-state index contributed by atoms with van der Waals surface area (Å²) in [6.45, 7) is -2.29. The zero-order valence-corrected chi connectivity index (χ0v) is 11.4. The number of likely N-dealkylation sites (N-methyl/N-ethyl adjacent to an activating group) is 1. The molecule has 0 fully saturated rings. The van der Waals surface area contributed by atoms with Gasteiger partial charge in [-0.15, -0.1) is 0 Å². The molecule has 0 unspecified atom stereocenters. The van der Waals surface area contributed by atoms with Gasteiger partial charge in [0.15, 0.2) is 0 Å². The van der Waals surface area contributed by atoms with Crippen LogP contribution in [0.2, 0.25) is 0 Å². The molecule has 1 heterocycles. The van der Waals surface area contributed by atoms with Gasteiger partial charge < -0.3 is 14.9 Å². The van der Waals surface area contributed by atoms with E-state index in [1.165, 1.54) is 14.1 Å². The van der Waals surface area contributed by atoms with Gasteiger partial charge in [-0.3, -0.25) is 14.6 Å². The number of aromatic nitrogens is 1. The lowest BCUT2D eigenvalue weighted by Gasteiger charge is -2.24. The summed E-state index contributed by atoms with van der Waals surface area (Å²) in [5, 5.41) is 9.22. The van der Waals surface area contributed by atoms with E-state index in [0.717, 1.165) is 23.4 Å². The minimum atomic E-state index is -4.65. The number of aromatic hydroxyl groups is 1. The fourth-order valence-electron chi connectivity index (χ4n) is 1.45. The van der Waals surface area contributed by atoms with Crippen LogP contribution >= 0.6 is 0 Å². The Bertz CT molecular complexity index is 532. The molecule has 0 radical (unpaired) electrons. The molecule has 0 atom stereocenters. The molecule has 6 nitrogen and oxygen atoms in total. The van der Waals surface area contributed by atoms with Crippen LogP contribution in [0.25, 0.3) is 0 Å². The molecule has 2 amide bonds. The van der Waals surface area contributed by atoms with Crippen LogP contribution in [-0.2, 0) is 4.79 Å². The van der Waals surface area contributed by atoms with Crippen molar-refractivity contribution in [2.24, 2.45) is 0 Å². The topological polar surface area (TPSA) is 73.7 Å². The van der Waals surface area contributed by atoms with Crippen LogP contribution in [0.1, 0.15) is 10.4 Å². The second-order valence-electron chi connectivity index (χ2n) is 4.50. The summed E-state index contributed by atoms with van der Waals surface area (Å²) in [5.74, 6) is -2.04. The second-order valence-corrected chi connectivity index (χ2v) is 4.50. The van der Waals surface area contributed by atoms with Crippen molar-refractivity contribution in [3.63, 3.8) is 0 Å². The van der Waals surface area contributed by atoms with Crippen LogP contribution in [0.3, 0.4) is 0 Å². The average Bonchev–Trinajstić information content (AvgIpc) is 2.35. The van der Waals surface area contributed by atoms with Crippen molar-refractivity contribution >= 4 is 11.8 Å². The molecule has 21 heavy (non-hydrogen) atoms. The summed E-state index contributed by atoms with van der Waals surface area (Å²) in [4.78, 5) is 28.5. The largest absolute Gasteiger partial charge is 0.506 e. The maximum Gasteiger partial charge on any atom is 0.406 e. The van der Waals surface area contributed by atoms with Gasteiger partial charge in [-0.1, -0.05) is 0 Å². The quantitative estimate of drug-likeness (QED) is 0.896. The van der Waals surface area contributed by atoms with E-state index in [9.17, 15) is 27.9 Å². The Labute approximate surface area is 118 Å². The number of hydrogen-bond donors (Lipinski definition) is 1. The van der Waals surface area contributed by atoms with E-state index in [0.29, 0.717) is 4.90 Å². The summed E-state index contributed by atoms with van der Waals surface area (Å²) in [5.41, 5.74) is -0.231. The molecule has 0 bridgehead atoms. The molecule has 0 aliphatic carbocycles. The molecule has 0 spiro atoms. The summed E-state index contributed by atoms with van der Waals surface area (Å²) >= 11 is 0. The fraction of sp³-hybridized carbons (Fsp3) is 0.417. The van der Waals surface area contributed by atoms with Crippen molar-refractivity contribution in [1.29, 1.82) is 0 Å². The summed E-state index contributed by atoms with van der Waals surface area (Å²) in [6, 6.07) is 0.985. The first-order valence-electron chi connectivity index (χ1n) is 5.80. The van der Waals surface area contributed by atoms with Crippen LogP contribution in [0.5, 0.6) is 5.75 Å². The lowest BCUT2D eigenvalue weighted by atomic mass is 10.2. The second kappa shape index (κ2) is 6.42. The van der Waals surface area contributed by atoms with Crippen LogP contribution in [0, 0.1) is 0 Å². The molecule has 0 aliphatic rings. The van der Waals surface area contributed by atoms with E-state index >= 15 is 0 Å². The Kier molecular flexibility index (Phi) is 5.12. The third-order valence-electron chi connectivity index (χ3n) is 2.45. The molecule has 0 saturated heterocycles. The van der Waals surface area contributed by atoms with Crippen LogP contribution in [-0.4, -0.2) is 65.1 Å². The van der Waals surface area contributed by atoms with Crippen LogP contribution in [0.4, 0.5) is 13.2 Å². The number of pyridine rings is 1. The van der Waals surface area contributed by atoms with Crippen molar-refractivity contribution in [2.75, 3.05) is 27.2 Å². The molecular formula is C12H14F3N3O3. The van der Waals surface area contributed by atoms with E-state index in [1.807, 2.05) is 0 Å². The maximum absolute atomic E-state index is 12.5. The lowest BCUT2D eigenvalue weighted by molar-refractivity contribution is -0.146. The predicted octanol–water partition coefficient (Wildman–Crippen LogP) is 0.880. The highest BCUT2D eigenvalue weighted by Gasteiger charge is 2.34. The van der Waals surface area contributed by atoms with Gasteiger partial charge >= 0.3 is 6.18 Å². The lowest BCUT2D eigenvalue weighted by Crippen LogP contribution is -2.44. The molecule has 1 aromatic heterocycles. The van der Waals surface area contributed by atoms with Crippen LogP contribution < -0.4 is 0 Å². The Morgan fingerprint density at radius 3 is 2.38 bits per heavy atom. The van der Waals surface area contributed by atoms with Gasteiger partial charge in [0.1, 0.15) is 18.8 Å². The van der Waals surface area contributed by atoms with Crippen molar-refractivity contribution in [3.05, 3.63) is 24.0 Å². The molecule has 1 rings (SSSR count). The normalized spacial score (nSPS) is 11.1. The third kappa shape index (κ3) is 5.28. The van der Waals surface area contributed by atoms with Gasteiger partial charge in [0.25, 0.3) is 5.91 Å². The number of halogens is 3. The van der Waals surface area contributed by atoms with Crippen molar-refractivity contribution in [1.82, 2.24) is 14.8 Å². The molecule has 9 heteroatoms. The minimum Gasteiger partial charge on any atom is -0.506 e. The first kappa shape index (κ1) is 16.7. The van der Waals surface area contributed by atoms with Crippen molar-refractivity contribution in [2.45, 2.75) is 6.18 Å². The van der Waals surface area contributed by atoms with Gasteiger partial charge in [0.05, 0.1) is 11.8 Å². The van der Waals surface area contributed by atoms with E-state index < -0.39 is 31.1 Å². The molecule has 0 aliphatic heterocycles. The SMILES string of the molecule is CN(C)C(=O)CN(CC(F)(F)F)C(=O)c1cncc(O)c1. The van der Waals surface area contributed by atoms with Gasteiger partial charge in [-0.25, -0.2) is 0 Å². The molecule has 116 valence electrons. The van der Waals surface area contributed by atoms with E-state index in [2.05, 4.69) is 4.98 Å². The zero-order valence-electron chi connectivity index (χ0n) is 11.4. The van der Waals surface area contributed by atoms with Gasteiger partial charge in [-0.05, 0) is 6.07 Å². The molecule has 1 N–H and O–H groups in total.